The first kappa shape index (κ1) is 16.3. The summed E-state index contributed by atoms with van der Waals surface area (Å²) in [6.45, 7) is 2.85. The normalized spacial score (nSPS) is 10.9. The third-order valence-electron chi connectivity index (χ3n) is 3.95. The van der Waals surface area contributed by atoms with Crippen molar-refractivity contribution < 1.29 is 4.79 Å². The Morgan fingerprint density at radius 2 is 1.67 bits per heavy atom. The highest BCUT2D eigenvalue weighted by molar-refractivity contribution is 6.33. The van der Waals surface area contributed by atoms with Crippen LogP contribution in [0.4, 0.5) is 5.69 Å². The molecule has 3 aromatic rings. The van der Waals surface area contributed by atoms with E-state index in [1.54, 1.807) is 33.4 Å². The summed E-state index contributed by atoms with van der Waals surface area (Å²) in [4.78, 5) is 24.7. The van der Waals surface area contributed by atoms with Gasteiger partial charge in [0.15, 0.2) is 0 Å². The van der Waals surface area contributed by atoms with Crippen molar-refractivity contribution in [3.05, 3.63) is 64.0 Å². The van der Waals surface area contributed by atoms with Crippen LogP contribution in [-0.4, -0.2) is 15.0 Å². The lowest BCUT2D eigenvalue weighted by molar-refractivity contribution is -0.116. The van der Waals surface area contributed by atoms with E-state index in [4.69, 9.17) is 11.6 Å². The number of halogens is 1. The molecule has 6 heteroatoms. The number of nitrogens with one attached hydrogen (secondary N) is 1. The van der Waals surface area contributed by atoms with Gasteiger partial charge >= 0.3 is 5.69 Å². The van der Waals surface area contributed by atoms with Crippen LogP contribution in [0.3, 0.4) is 0 Å². The zero-order valence-corrected chi connectivity index (χ0v) is 14.1. The Kier molecular flexibility index (Phi) is 4.71. The second-order valence-corrected chi connectivity index (χ2v) is 5.85. The van der Waals surface area contributed by atoms with E-state index in [0.29, 0.717) is 23.8 Å². The number of para-hydroxylation sites is 3. The number of carbonyl (C=O) groups is 1. The number of hydrogen-bond acceptors (Lipinski definition) is 2. The molecule has 1 amide bonds. The second-order valence-electron chi connectivity index (χ2n) is 5.45. The number of fused-ring (bicyclic) bond motifs is 1. The van der Waals surface area contributed by atoms with Gasteiger partial charge in [0.2, 0.25) is 5.91 Å². The van der Waals surface area contributed by atoms with Gasteiger partial charge in [-0.05, 0) is 31.2 Å². The summed E-state index contributed by atoms with van der Waals surface area (Å²) in [6, 6.07) is 14.7. The van der Waals surface area contributed by atoms with Gasteiger partial charge in [-0.2, -0.15) is 0 Å². The van der Waals surface area contributed by atoms with Crippen molar-refractivity contribution in [2.45, 2.75) is 26.4 Å². The van der Waals surface area contributed by atoms with E-state index in [2.05, 4.69) is 5.32 Å². The molecule has 1 aromatic heterocycles. The topological polar surface area (TPSA) is 56.0 Å². The minimum absolute atomic E-state index is 0.0933. The van der Waals surface area contributed by atoms with Gasteiger partial charge in [-0.3, -0.25) is 13.9 Å². The molecule has 124 valence electrons. The maximum atomic E-state index is 12.5. The van der Waals surface area contributed by atoms with Crippen molar-refractivity contribution in [1.82, 2.24) is 9.13 Å². The number of imidazole rings is 1. The molecule has 0 radical (unpaired) electrons. The molecule has 0 aliphatic carbocycles. The van der Waals surface area contributed by atoms with Crippen LogP contribution in [0.1, 0.15) is 13.3 Å². The number of hydrogen-bond donors (Lipinski definition) is 1. The summed E-state index contributed by atoms with van der Waals surface area (Å²) in [7, 11) is 0. The Bertz CT molecular complexity index is 943. The molecule has 0 aliphatic rings. The van der Waals surface area contributed by atoms with Crippen molar-refractivity contribution in [3.63, 3.8) is 0 Å². The smallest absolute Gasteiger partial charge is 0.325 e. The Morgan fingerprint density at radius 1 is 1.04 bits per heavy atom. The average molecular weight is 344 g/mol. The fourth-order valence-electron chi connectivity index (χ4n) is 2.78. The predicted molar refractivity (Wildman–Crippen MR) is 96.6 cm³/mol. The molecule has 0 aliphatic heterocycles. The van der Waals surface area contributed by atoms with Gasteiger partial charge in [-0.25, -0.2) is 4.79 Å². The molecule has 0 unspecified atom stereocenters. The summed E-state index contributed by atoms with van der Waals surface area (Å²) in [5.74, 6) is -0.177. The monoisotopic (exact) mass is 343 g/mol. The molecular formula is C18H18ClN3O2. The van der Waals surface area contributed by atoms with Crippen LogP contribution in [0.2, 0.25) is 5.02 Å². The summed E-state index contributed by atoms with van der Waals surface area (Å²) in [5, 5.41) is 3.27. The first-order valence-electron chi connectivity index (χ1n) is 7.84. The lowest BCUT2D eigenvalue weighted by Crippen LogP contribution is -2.25. The number of rotatable bonds is 5. The van der Waals surface area contributed by atoms with Crippen molar-refractivity contribution in [2.75, 3.05) is 5.32 Å². The molecule has 0 spiro atoms. The predicted octanol–water partition coefficient (Wildman–Crippen LogP) is 3.51. The van der Waals surface area contributed by atoms with Crippen LogP contribution >= 0.6 is 11.6 Å². The molecule has 0 saturated heterocycles. The van der Waals surface area contributed by atoms with E-state index < -0.39 is 0 Å². The third-order valence-corrected chi connectivity index (χ3v) is 4.28. The van der Waals surface area contributed by atoms with Crippen LogP contribution in [0.25, 0.3) is 11.0 Å². The van der Waals surface area contributed by atoms with E-state index in [0.717, 1.165) is 11.0 Å². The molecule has 3 rings (SSSR count). The molecule has 1 heterocycles. The Labute approximate surface area is 144 Å². The fourth-order valence-corrected chi connectivity index (χ4v) is 2.97. The van der Waals surface area contributed by atoms with Gasteiger partial charge in [0.25, 0.3) is 0 Å². The zero-order valence-electron chi connectivity index (χ0n) is 13.3. The molecule has 0 bridgehead atoms. The summed E-state index contributed by atoms with van der Waals surface area (Å²) in [5.41, 5.74) is 2.21. The first-order valence-corrected chi connectivity index (χ1v) is 8.22. The molecular weight excluding hydrogens is 326 g/mol. The van der Waals surface area contributed by atoms with Crippen molar-refractivity contribution in [2.24, 2.45) is 0 Å². The Hall–Kier alpha value is -2.53. The lowest BCUT2D eigenvalue weighted by atomic mass is 10.3. The van der Waals surface area contributed by atoms with E-state index in [9.17, 15) is 9.59 Å². The SMILES string of the molecule is CCn1c(=O)n(CCC(=O)Nc2ccccc2Cl)c2ccccc21. The molecule has 2 aromatic carbocycles. The lowest BCUT2D eigenvalue weighted by Gasteiger charge is -2.07. The number of aromatic nitrogens is 2. The minimum Gasteiger partial charge on any atom is -0.325 e. The van der Waals surface area contributed by atoms with Gasteiger partial charge in [-0.1, -0.05) is 35.9 Å². The third kappa shape index (κ3) is 3.08. The summed E-state index contributed by atoms with van der Waals surface area (Å²) >= 11 is 6.04. The van der Waals surface area contributed by atoms with Gasteiger partial charge < -0.3 is 5.32 Å². The van der Waals surface area contributed by atoms with Crippen molar-refractivity contribution in [3.8, 4) is 0 Å². The number of carbonyl (C=O) groups excluding carboxylic acids is 1. The number of benzene rings is 2. The van der Waals surface area contributed by atoms with Crippen LogP contribution in [-0.2, 0) is 17.9 Å². The van der Waals surface area contributed by atoms with Gasteiger partial charge in [-0.15, -0.1) is 0 Å². The van der Waals surface area contributed by atoms with E-state index in [1.165, 1.54) is 0 Å². The number of anilines is 1. The van der Waals surface area contributed by atoms with E-state index in [-0.39, 0.29) is 18.0 Å². The molecule has 0 atom stereocenters. The summed E-state index contributed by atoms with van der Waals surface area (Å²) < 4.78 is 3.35. The Morgan fingerprint density at radius 3 is 2.33 bits per heavy atom. The van der Waals surface area contributed by atoms with E-state index in [1.807, 2.05) is 31.2 Å². The van der Waals surface area contributed by atoms with Crippen LogP contribution in [0.5, 0.6) is 0 Å². The second kappa shape index (κ2) is 6.93. The first-order chi connectivity index (χ1) is 11.6. The van der Waals surface area contributed by atoms with E-state index >= 15 is 0 Å². The van der Waals surface area contributed by atoms with Crippen molar-refractivity contribution in [1.29, 1.82) is 0 Å². The zero-order chi connectivity index (χ0) is 17.1. The van der Waals surface area contributed by atoms with Gasteiger partial charge in [0.05, 0.1) is 21.7 Å². The van der Waals surface area contributed by atoms with Crippen LogP contribution in [0.15, 0.2) is 53.3 Å². The maximum absolute atomic E-state index is 12.5. The highest BCUT2D eigenvalue weighted by Crippen LogP contribution is 2.20. The van der Waals surface area contributed by atoms with Gasteiger partial charge in [0, 0.05) is 19.5 Å². The largest absolute Gasteiger partial charge is 0.329 e. The minimum atomic E-state index is -0.177. The van der Waals surface area contributed by atoms with Crippen LogP contribution in [0, 0.1) is 0 Å². The molecule has 5 nitrogen and oxygen atoms in total. The van der Waals surface area contributed by atoms with Crippen molar-refractivity contribution >= 4 is 34.2 Å². The fraction of sp³-hybridized carbons (Fsp3) is 0.222. The summed E-state index contributed by atoms with van der Waals surface area (Å²) in [6.07, 6.45) is 0.197. The number of nitrogens with zero attached hydrogens (tertiary/aromatic N) is 2. The maximum Gasteiger partial charge on any atom is 0.329 e. The van der Waals surface area contributed by atoms with Crippen LogP contribution < -0.4 is 11.0 Å². The molecule has 24 heavy (non-hydrogen) atoms. The molecule has 0 fully saturated rings. The highest BCUT2D eigenvalue weighted by Gasteiger charge is 2.13. The number of amides is 1. The molecule has 0 saturated carbocycles. The highest BCUT2D eigenvalue weighted by atomic mass is 35.5. The Balaban J connectivity index is 1.79. The number of aryl methyl sites for hydroxylation is 2. The average Bonchev–Trinajstić information content (AvgIpc) is 2.86. The molecule has 1 N–H and O–H groups in total. The quantitative estimate of drug-likeness (QED) is 0.770. The standard InChI is InChI=1S/C18H18ClN3O2/c1-2-21-15-9-5-6-10-16(15)22(18(21)24)12-11-17(23)20-14-8-4-3-7-13(14)19/h3-10H,2,11-12H2,1H3,(H,20,23). The van der Waals surface area contributed by atoms with Gasteiger partial charge in [0.1, 0.15) is 0 Å².